The molecular formula is C20H24FN3O. The molecule has 5 heteroatoms. The summed E-state index contributed by atoms with van der Waals surface area (Å²) < 4.78 is 19.2. The van der Waals surface area contributed by atoms with Crippen LogP contribution in [0.2, 0.25) is 0 Å². The highest BCUT2D eigenvalue weighted by atomic mass is 19.1. The summed E-state index contributed by atoms with van der Waals surface area (Å²) in [5, 5.41) is 6.58. The van der Waals surface area contributed by atoms with Gasteiger partial charge in [-0.3, -0.25) is 4.99 Å². The van der Waals surface area contributed by atoms with Crippen LogP contribution in [-0.4, -0.2) is 26.2 Å². The first-order valence-corrected chi connectivity index (χ1v) is 8.62. The first-order chi connectivity index (χ1) is 12.3. The molecule has 2 unspecified atom stereocenters. The van der Waals surface area contributed by atoms with Crippen LogP contribution < -0.4 is 10.6 Å². The molecule has 1 aliphatic heterocycles. The number of benzene rings is 2. The van der Waals surface area contributed by atoms with Gasteiger partial charge in [0.1, 0.15) is 5.82 Å². The average molecular weight is 341 g/mol. The highest BCUT2D eigenvalue weighted by molar-refractivity contribution is 5.79. The van der Waals surface area contributed by atoms with Gasteiger partial charge in [-0.1, -0.05) is 42.5 Å². The number of nitrogens with one attached hydrogen (secondary N) is 2. The SMILES string of the molecule is CN=C(NCc1cccc(F)c1)NCC1CCOC1c1ccccc1. The molecule has 3 rings (SSSR count). The summed E-state index contributed by atoms with van der Waals surface area (Å²) in [6.07, 6.45) is 1.14. The Morgan fingerprint density at radius 3 is 2.76 bits per heavy atom. The number of aliphatic imine (C=N–C) groups is 1. The Morgan fingerprint density at radius 2 is 2.00 bits per heavy atom. The molecule has 1 saturated heterocycles. The molecule has 0 amide bonds. The van der Waals surface area contributed by atoms with E-state index in [-0.39, 0.29) is 11.9 Å². The normalized spacial score (nSPS) is 20.5. The minimum Gasteiger partial charge on any atom is -0.373 e. The molecule has 132 valence electrons. The Kier molecular flexibility index (Phi) is 6.01. The summed E-state index contributed by atoms with van der Waals surface area (Å²) in [7, 11) is 1.74. The Labute approximate surface area is 148 Å². The quantitative estimate of drug-likeness (QED) is 0.648. The highest BCUT2D eigenvalue weighted by Crippen LogP contribution is 2.33. The molecule has 2 atom stereocenters. The predicted molar refractivity (Wildman–Crippen MR) is 97.8 cm³/mol. The monoisotopic (exact) mass is 341 g/mol. The lowest BCUT2D eigenvalue weighted by Crippen LogP contribution is -2.39. The van der Waals surface area contributed by atoms with E-state index in [0.29, 0.717) is 18.4 Å². The molecule has 0 saturated carbocycles. The summed E-state index contributed by atoms with van der Waals surface area (Å²) in [4.78, 5) is 4.24. The van der Waals surface area contributed by atoms with Crippen LogP contribution in [0, 0.1) is 11.7 Å². The number of halogens is 1. The van der Waals surface area contributed by atoms with Gasteiger partial charge in [0.15, 0.2) is 5.96 Å². The smallest absolute Gasteiger partial charge is 0.191 e. The summed E-state index contributed by atoms with van der Waals surface area (Å²) in [6, 6.07) is 16.9. The maximum absolute atomic E-state index is 13.2. The van der Waals surface area contributed by atoms with E-state index in [0.717, 1.165) is 25.1 Å². The number of guanidine groups is 1. The molecule has 0 radical (unpaired) electrons. The summed E-state index contributed by atoms with van der Waals surface area (Å²) in [5.41, 5.74) is 2.10. The lowest BCUT2D eigenvalue weighted by Gasteiger charge is -2.21. The maximum atomic E-state index is 13.2. The van der Waals surface area contributed by atoms with Crippen LogP contribution in [0.4, 0.5) is 4.39 Å². The van der Waals surface area contributed by atoms with E-state index < -0.39 is 0 Å². The highest BCUT2D eigenvalue weighted by Gasteiger charge is 2.29. The van der Waals surface area contributed by atoms with Crippen LogP contribution in [0.3, 0.4) is 0 Å². The lowest BCUT2D eigenvalue weighted by molar-refractivity contribution is 0.0915. The van der Waals surface area contributed by atoms with Crippen LogP contribution in [0.15, 0.2) is 59.6 Å². The van der Waals surface area contributed by atoms with Crippen molar-refractivity contribution < 1.29 is 9.13 Å². The largest absolute Gasteiger partial charge is 0.373 e. The molecular weight excluding hydrogens is 317 g/mol. The molecule has 4 nitrogen and oxygen atoms in total. The number of rotatable bonds is 5. The number of nitrogens with zero attached hydrogens (tertiary/aromatic N) is 1. The van der Waals surface area contributed by atoms with Crippen molar-refractivity contribution >= 4 is 5.96 Å². The number of hydrogen-bond acceptors (Lipinski definition) is 2. The van der Waals surface area contributed by atoms with E-state index in [4.69, 9.17) is 4.74 Å². The van der Waals surface area contributed by atoms with Crippen molar-refractivity contribution in [1.82, 2.24) is 10.6 Å². The molecule has 0 aliphatic carbocycles. The van der Waals surface area contributed by atoms with Gasteiger partial charge in [-0.25, -0.2) is 4.39 Å². The first-order valence-electron chi connectivity index (χ1n) is 8.62. The molecule has 0 spiro atoms. The number of hydrogen-bond donors (Lipinski definition) is 2. The summed E-state index contributed by atoms with van der Waals surface area (Å²) in [6.45, 7) is 2.09. The maximum Gasteiger partial charge on any atom is 0.191 e. The van der Waals surface area contributed by atoms with Gasteiger partial charge in [0.05, 0.1) is 6.10 Å². The average Bonchev–Trinajstić information content (AvgIpc) is 3.11. The van der Waals surface area contributed by atoms with Crippen molar-refractivity contribution in [1.29, 1.82) is 0 Å². The van der Waals surface area contributed by atoms with E-state index in [9.17, 15) is 4.39 Å². The molecule has 25 heavy (non-hydrogen) atoms. The zero-order chi connectivity index (χ0) is 17.5. The fourth-order valence-electron chi connectivity index (χ4n) is 3.14. The Morgan fingerprint density at radius 1 is 1.16 bits per heavy atom. The van der Waals surface area contributed by atoms with E-state index >= 15 is 0 Å². The van der Waals surface area contributed by atoms with Crippen molar-refractivity contribution in [3.63, 3.8) is 0 Å². The second-order valence-electron chi connectivity index (χ2n) is 6.19. The minimum atomic E-state index is -0.226. The van der Waals surface area contributed by atoms with E-state index in [2.05, 4.69) is 27.8 Å². The Bertz CT molecular complexity index is 705. The molecule has 1 fully saturated rings. The fourth-order valence-corrected chi connectivity index (χ4v) is 3.14. The summed E-state index contributed by atoms with van der Waals surface area (Å²) in [5.74, 6) is 0.883. The van der Waals surface area contributed by atoms with Crippen molar-refractivity contribution in [3.05, 3.63) is 71.5 Å². The molecule has 0 aromatic heterocycles. The summed E-state index contributed by atoms with van der Waals surface area (Å²) >= 11 is 0. The van der Waals surface area contributed by atoms with Gasteiger partial charge in [0.25, 0.3) is 0 Å². The molecule has 0 bridgehead atoms. The van der Waals surface area contributed by atoms with Gasteiger partial charge >= 0.3 is 0 Å². The van der Waals surface area contributed by atoms with Crippen LogP contribution in [-0.2, 0) is 11.3 Å². The van der Waals surface area contributed by atoms with Gasteiger partial charge < -0.3 is 15.4 Å². The van der Waals surface area contributed by atoms with Crippen LogP contribution >= 0.6 is 0 Å². The molecule has 2 aromatic carbocycles. The van der Waals surface area contributed by atoms with E-state index in [1.54, 1.807) is 13.1 Å². The molecule has 2 N–H and O–H groups in total. The fraction of sp³-hybridized carbons (Fsp3) is 0.350. The second-order valence-corrected chi connectivity index (χ2v) is 6.19. The van der Waals surface area contributed by atoms with Crippen molar-refractivity contribution in [2.45, 2.75) is 19.1 Å². The Hall–Kier alpha value is -2.40. The van der Waals surface area contributed by atoms with Gasteiger partial charge in [-0.05, 0) is 29.7 Å². The first kappa shape index (κ1) is 17.4. The van der Waals surface area contributed by atoms with Gasteiger partial charge in [0, 0.05) is 32.7 Å². The standard InChI is InChI=1S/C20H24FN3O/c1-22-20(23-13-15-6-5-9-18(21)12-15)24-14-17-10-11-25-19(17)16-7-3-2-4-8-16/h2-9,12,17,19H,10-11,13-14H2,1H3,(H2,22,23,24). The van der Waals surface area contributed by atoms with Crippen molar-refractivity contribution in [3.8, 4) is 0 Å². The zero-order valence-electron chi connectivity index (χ0n) is 14.4. The van der Waals surface area contributed by atoms with Crippen molar-refractivity contribution in [2.24, 2.45) is 10.9 Å². The Balaban J connectivity index is 1.52. The third kappa shape index (κ3) is 4.79. The number of ether oxygens (including phenoxy) is 1. The van der Waals surface area contributed by atoms with Crippen LogP contribution in [0.25, 0.3) is 0 Å². The molecule has 1 heterocycles. The van der Waals surface area contributed by atoms with E-state index in [1.165, 1.54) is 17.7 Å². The lowest BCUT2D eigenvalue weighted by atomic mass is 9.95. The van der Waals surface area contributed by atoms with Crippen LogP contribution in [0.1, 0.15) is 23.7 Å². The van der Waals surface area contributed by atoms with Crippen LogP contribution in [0.5, 0.6) is 0 Å². The minimum absolute atomic E-state index is 0.120. The van der Waals surface area contributed by atoms with Gasteiger partial charge in [-0.15, -0.1) is 0 Å². The molecule has 2 aromatic rings. The van der Waals surface area contributed by atoms with Gasteiger partial charge in [0.2, 0.25) is 0 Å². The van der Waals surface area contributed by atoms with Gasteiger partial charge in [-0.2, -0.15) is 0 Å². The molecule has 1 aliphatic rings. The third-order valence-corrected chi connectivity index (χ3v) is 4.45. The predicted octanol–water partition coefficient (Wildman–Crippen LogP) is 3.27. The second kappa shape index (κ2) is 8.62. The van der Waals surface area contributed by atoms with Crippen molar-refractivity contribution in [2.75, 3.05) is 20.2 Å². The topological polar surface area (TPSA) is 45.7 Å². The van der Waals surface area contributed by atoms with E-state index in [1.807, 2.05) is 24.3 Å². The third-order valence-electron chi connectivity index (χ3n) is 4.45. The zero-order valence-corrected chi connectivity index (χ0v) is 14.4.